The molecule has 3 aromatic carbocycles. The average Bonchev–Trinajstić information content (AvgIpc) is 2.85. The first-order valence-corrected chi connectivity index (χ1v) is 10.8. The van der Waals surface area contributed by atoms with Crippen LogP contribution in [0.15, 0.2) is 85.2 Å². The maximum absolute atomic E-state index is 6.53. The van der Waals surface area contributed by atoms with Gasteiger partial charge in [-0.15, -0.1) is 0 Å². The summed E-state index contributed by atoms with van der Waals surface area (Å²) < 4.78 is 12.8. The van der Waals surface area contributed by atoms with Gasteiger partial charge in [-0.2, -0.15) is 0 Å². The van der Waals surface area contributed by atoms with Gasteiger partial charge in [-0.1, -0.05) is 42.5 Å². The molecule has 0 bridgehead atoms. The second-order valence-electron chi connectivity index (χ2n) is 7.40. The van der Waals surface area contributed by atoms with E-state index in [2.05, 4.69) is 27.4 Å². The van der Waals surface area contributed by atoms with Gasteiger partial charge in [-0.25, -0.2) is 14.4 Å². The lowest BCUT2D eigenvalue weighted by atomic mass is 10.1. The number of nitrogens with zero attached hydrogens (tertiary/aromatic N) is 3. The van der Waals surface area contributed by atoms with Crippen molar-refractivity contribution in [2.45, 2.75) is 13.1 Å². The summed E-state index contributed by atoms with van der Waals surface area (Å²) >= 11 is 6.53. The molecule has 0 atom stereocenters. The second-order valence-corrected chi connectivity index (χ2v) is 7.88. The van der Waals surface area contributed by atoms with Crippen LogP contribution in [0.5, 0.6) is 11.5 Å². The number of rotatable bonds is 9. The summed E-state index contributed by atoms with van der Waals surface area (Å²) in [5.41, 5.74) is 4.66. The van der Waals surface area contributed by atoms with Crippen LogP contribution in [0, 0.1) is 0 Å². The molecule has 6 nitrogen and oxygen atoms in total. The molecule has 0 aliphatic heterocycles. The van der Waals surface area contributed by atoms with Crippen molar-refractivity contribution in [3.05, 3.63) is 96.3 Å². The van der Waals surface area contributed by atoms with Crippen LogP contribution in [0.1, 0.15) is 11.1 Å². The Morgan fingerprint density at radius 1 is 0.818 bits per heavy atom. The minimum Gasteiger partial charge on any atom is -0.496 e. The highest BCUT2D eigenvalue weighted by Gasteiger charge is 2.12. The number of anilines is 2. The van der Waals surface area contributed by atoms with Gasteiger partial charge in [0.2, 0.25) is 0 Å². The smallest absolute Gasteiger partial charge is 0.134 e. The van der Waals surface area contributed by atoms with Crippen LogP contribution < -0.4 is 14.8 Å². The molecule has 0 amide bonds. The number of hydrogen-bond donors (Lipinski definition) is 1. The van der Waals surface area contributed by atoms with E-state index in [4.69, 9.17) is 21.3 Å². The van der Waals surface area contributed by atoms with E-state index in [-0.39, 0.29) is 0 Å². The van der Waals surface area contributed by atoms with Crippen molar-refractivity contribution in [3.8, 4) is 22.8 Å². The topological polar surface area (TPSA) is 59.5 Å². The molecule has 0 radical (unpaired) electrons. The molecule has 1 aromatic heterocycles. The van der Waals surface area contributed by atoms with Crippen molar-refractivity contribution in [3.63, 3.8) is 0 Å². The van der Waals surface area contributed by atoms with Crippen LogP contribution >= 0.6 is 11.8 Å². The van der Waals surface area contributed by atoms with E-state index in [1.54, 1.807) is 18.6 Å². The first-order chi connectivity index (χ1) is 16.2. The fourth-order valence-electron chi connectivity index (χ4n) is 3.58. The molecular weight excluding hydrogens is 436 g/mol. The summed E-state index contributed by atoms with van der Waals surface area (Å²) in [5.74, 6) is 2.21. The quantitative estimate of drug-likeness (QED) is 0.306. The number of ether oxygens (including phenoxy) is 2. The van der Waals surface area contributed by atoms with Crippen molar-refractivity contribution in [1.82, 2.24) is 14.4 Å². The predicted octanol–water partition coefficient (Wildman–Crippen LogP) is 6.06. The van der Waals surface area contributed by atoms with E-state index in [0.29, 0.717) is 18.9 Å². The summed E-state index contributed by atoms with van der Waals surface area (Å²) in [4.78, 5) is 8.78. The third kappa shape index (κ3) is 5.80. The van der Waals surface area contributed by atoms with Gasteiger partial charge in [0.1, 0.15) is 23.6 Å². The van der Waals surface area contributed by atoms with E-state index in [0.717, 1.165) is 39.6 Å². The maximum atomic E-state index is 6.53. The van der Waals surface area contributed by atoms with Crippen molar-refractivity contribution in [2.24, 2.45) is 0 Å². The van der Waals surface area contributed by atoms with Gasteiger partial charge >= 0.3 is 0 Å². The number of benzene rings is 3. The van der Waals surface area contributed by atoms with Crippen molar-refractivity contribution < 1.29 is 9.47 Å². The average molecular weight is 461 g/mol. The zero-order chi connectivity index (χ0) is 23.0. The zero-order valence-electron chi connectivity index (χ0n) is 18.5. The predicted molar refractivity (Wildman–Crippen MR) is 132 cm³/mol. The lowest BCUT2D eigenvalue weighted by molar-refractivity contribution is 0.390. The molecule has 4 aromatic rings. The van der Waals surface area contributed by atoms with Gasteiger partial charge in [-0.3, -0.25) is 0 Å². The molecule has 4 rings (SSSR count). The Balaban J connectivity index is 1.53. The molecule has 33 heavy (non-hydrogen) atoms. The van der Waals surface area contributed by atoms with Crippen LogP contribution in [0.2, 0.25) is 0 Å². The third-order valence-electron chi connectivity index (χ3n) is 5.14. The minimum absolute atomic E-state index is 0.519. The van der Waals surface area contributed by atoms with Crippen molar-refractivity contribution in [1.29, 1.82) is 0 Å². The molecule has 0 fully saturated rings. The van der Waals surface area contributed by atoms with E-state index in [9.17, 15) is 0 Å². The van der Waals surface area contributed by atoms with Gasteiger partial charge in [0.25, 0.3) is 0 Å². The maximum Gasteiger partial charge on any atom is 0.134 e. The fourth-order valence-corrected chi connectivity index (χ4v) is 3.85. The van der Waals surface area contributed by atoms with E-state index >= 15 is 0 Å². The highest BCUT2D eigenvalue weighted by molar-refractivity contribution is 6.13. The van der Waals surface area contributed by atoms with E-state index in [1.807, 2.05) is 66.7 Å². The Morgan fingerprint density at radius 2 is 1.58 bits per heavy atom. The fraction of sp³-hybridized carbons (Fsp3) is 0.154. The highest BCUT2D eigenvalue weighted by atomic mass is 35.5. The minimum atomic E-state index is 0.519. The highest BCUT2D eigenvalue weighted by Crippen LogP contribution is 2.30. The van der Waals surface area contributed by atoms with E-state index < -0.39 is 0 Å². The molecule has 1 N–H and O–H groups in total. The first-order valence-electron chi connectivity index (χ1n) is 10.5. The van der Waals surface area contributed by atoms with Gasteiger partial charge in [-0.05, 0) is 47.7 Å². The lowest BCUT2D eigenvalue weighted by Gasteiger charge is -2.17. The summed E-state index contributed by atoms with van der Waals surface area (Å²) in [6, 6.07) is 25.7. The van der Waals surface area contributed by atoms with Crippen LogP contribution in [0.3, 0.4) is 0 Å². The molecule has 0 saturated carbocycles. The van der Waals surface area contributed by atoms with Gasteiger partial charge < -0.3 is 14.8 Å². The lowest BCUT2D eigenvalue weighted by Crippen LogP contribution is -2.12. The molecule has 7 heteroatoms. The molecular formula is C26H25ClN4O2. The van der Waals surface area contributed by atoms with Gasteiger partial charge in [0.15, 0.2) is 0 Å². The number of methoxy groups -OCH3 is 2. The molecule has 0 saturated heterocycles. The van der Waals surface area contributed by atoms with Gasteiger partial charge in [0, 0.05) is 36.0 Å². The van der Waals surface area contributed by atoms with Crippen molar-refractivity contribution >= 4 is 23.3 Å². The monoisotopic (exact) mass is 460 g/mol. The Bertz CT molecular complexity index is 1200. The van der Waals surface area contributed by atoms with Crippen LogP contribution in [-0.2, 0) is 13.1 Å². The summed E-state index contributed by atoms with van der Waals surface area (Å²) in [7, 11) is 3.31. The Labute approximate surface area is 198 Å². The molecule has 1 heterocycles. The Morgan fingerprint density at radius 3 is 2.36 bits per heavy atom. The molecule has 0 spiro atoms. The summed E-state index contributed by atoms with van der Waals surface area (Å²) in [6.07, 6.45) is 1.54. The van der Waals surface area contributed by atoms with Crippen LogP contribution in [0.25, 0.3) is 11.3 Å². The van der Waals surface area contributed by atoms with E-state index in [1.165, 1.54) is 6.33 Å². The number of nitrogens with one attached hydrogen (secondary N) is 1. The Kier molecular flexibility index (Phi) is 7.40. The largest absolute Gasteiger partial charge is 0.496 e. The first kappa shape index (κ1) is 22.6. The zero-order valence-corrected chi connectivity index (χ0v) is 19.3. The molecule has 0 aliphatic carbocycles. The molecule has 0 aliphatic rings. The Hall–Kier alpha value is -3.61. The number of aromatic nitrogens is 2. The molecule has 0 unspecified atom stereocenters. The molecule has 168 valence electrons. The standard InChI is InChI=1S/C26H25ClN4O2/c1-32-24-13-12-21(14-20(24)17-31(27)16-19-8-4-3-5-9-19)30-26-15-23(28-18-29-26)22-10-6-7-11-25(22)33-2/h3-15,18H,16-17H2,1-2H3,(H,28,29,30). The van der Waals surface area contributed by atoms with Crippen molar-refractivity contribution in [2.75, 3.05) is 19.5 Å². The summed E-state index contributed by atoms with van der Waals surface area (Å²) in [6.45, 7) is 1.14. The third-order valence-corrected chi connectivity index (χ3v) is 5.38. The number of para-hydroxylation sites is 1. The van der Waals surface area contributed by atoms with Gasteiger partial charge in [0.05, 0.1) is 19.9 Å². The van der Waals surface area contributed by atoms with Crippen LogP contribution in [-0.4, -0.2) is 28.6 Å². The normalized spacial score (nSPS) is 10.8. The summed E-state index contributed by atoms with van der Waals surface area (Å²) in [5, 5.41) is 3.36. The number of hydrogen-bond acceptors (Lipinski definition) is 6. The number of halogens is 1. The SMILES string of the molecule is COc1ccc(Nc2cc(-c3ccccc3OC)ncn2)cc1CN(Cl)Cc1ccccc1. The van der Waals surface area contributed by atoms with Crippen LogP contribution in [0.4, 0.5) is 11.5 Å². The second kappa shape index (κ2) is 10.8.